The molecule has 0 aliphatic carbocycles. The Kier molecular flexibility index (Phi) is 4.64. The predicted octanol–water partition coefficient (Wildman–Crippen LogP) is 0.497. The number of hydrogen-bond donors (Lipinski definition) is 3. The lowest BCUT2D eigenvalue weighted by Crippen LogP contribution is -2.36. The minimum atomic E-state index is -0.305. The van der Waals surface area contributed by atoms with Gasteiger partial charge in [0.25, 0.3) is 5.56 Å². The maximum absolute atomic E-state index is 11.7. The number of nitrogens with zero attached hydrogens (tertiary/aromatic N) is 3. The van der Waals surface area contributed by atoms with Crippen LogP contribution in [-0.4, -0.2) is 34.8 Å². The minimum Gasteiger partial charge on any atom is -0.383 e. The molecule has 7 nitrogen and oxygen atoms in total. The molecule has 1 aliphatic rings. The molecular formula is C13H19ClN6O. The highest BCUT2D eigenvalue weighted by atomic mass is 35.5. The molecule has 3 heterocycles. The number of anilines is 2. The summed E-state index contributed by atoms with van der Waals surface area (Å²) in [7, 11) is 0. The lowest BCUT2D eigenvalue weighted by molar-refractivity contribution is 0.413. The largest absolute Gasteiger partial charge is 0.383 e. The van der Waals surface area contributed by atoms with Crippen molar-refractivity contribution in [2.24, 2.45) is 11.7 Å². The van der Waals surface area contributed by atoms with Crippen LogP contribution in [0.5, 0.6) is 0 Å². The Morgan fingerprint density at radius 1 is 1.38 bits per heavy atom. The number of aromatic nitrogens is 3. The molecule has 0 bridgehead atoms. The summed E-state index contributed by atoms with van der Waals surface area (Å²) in [5.74, 6) is 1.65. The van der Waals surface area contributed by atoms with Gasteiger partial charge in [-0.05, 0) is 31.4 Å². The fourth-order valence-corrected chi connectivity index (χ4v) is 2.70. The van der Waals surface area contributed by atoms with Crippen LogP contribution in [0.3, 0.4) is 0 Å². The second-order valence-corrected chi connectivity index (χ2v) is 5.20. The van der Waals surface area contributed by atoms with E-state index in [0.29, 0.717) is 11.3 Å². The van der Waals surface area contributed by atoms with Crippen molar-refractivity contribution in [1.29, 1.82) is 0 Å². The van der Waals surface area contributed by atoms with Crippen molar-refractivity contribution in [3.05, 3.63) is 22.6 Å². The first-order valence-corrected chi connectivity index (χ1v) is 6.78. The standard InChI is InChI=1S/C13H18N6O.ClH/c14-6-8-1-3-19(4-2-8)10-5-9-7-16-18-13(20)11(9)12(15)17-10;/h5,7-8H,1-4,6,14H2,(H2,15,17)(H,18,20);1H. The molecule has 21 heavy (non-hydrogen) atoms. The molecule has 0 radical (unpaired) electrons. The summed E-state index contributed by atoms with van der Waals surface area (Å²) in [5, 5.41) is 7.31. The van der Waals surface area contributed by atoms with Gasteiger partial charge in [0.2, 0.25) is 0 Å². The molecule has 2 aromatic heterocycles. The van der Waals surface area contributed by atoms with Crippen molar-refractivity contribution in [2.75, 3.05) is 30.3 Å². The van der Waals surface area contributed by atoms with Gasteiger partial charge in [-0.1, -0.05) is 0 Å². The maximum atomic E-state index is 11.7. The molecule has 0 saturated carbocycles. The van der Waals surface area contributed by atoms with Gasteiger partial charge in [-0.25, -0.2) is 10.1 Å². The van der Waals surface area contributed by atoms with Crippen LogP contribution in [-0.2, 0) is 0 Å². The van der Waals surface area contributed by atoms with Crippen molar-refractivity contribution in [3.8, 4) is 0 Å². The van der Waals surface area contributed by atoms with Crippen LogP contribution in [0.15, 0.2) is 17.1 Å². The quantitative estimate of drug-likeness (QED) is 0.744. The molecule has 0 atom stereocenters. The number of nitrogens with one attached hydrogen (secondary N) is 1. The fraction of sp³-hybridized carbons (Fsp3) is 0.462. The summed E-state index contributed by atoms with van der Waals surface area (Å²) < 4.78 is 0. The van der Waals surface area contributed by atoms with E-state index in [1.165, 1.54) is 0 Å². The zero-order valence-corrected chi connectivity index (χ0v) is 12.4. The number of halogens is 1. The highest BCUT2D eigenvalue weighted by Crippen LogP contribution is 2.25. The van der Waals surface area contributed by atoms with Gasteiger partial charge in [-0.3, -0.25) is 4.79 Å². The second-order valence-electron chi connectivity index (χ2n) is 5.20. The van der Waals surface area contributed by atoms with Crippen molar-refractivity contribution in [2.45, 2.75) is 12.8 Å². The summed E-state index contributed by atoms with van der Waals surface area (Å²) in [6.45, 7) is 2.56. The SMILES string of the molecule is Cl.NCC1CCN(c2cc3cn[nH]c(=O)c3c(N)n2)CC1. The zero-order chi connectivity index (χ0) is 14.1. The van der Waals surface area contributed by atoms with Gasteiger partial charge in [0, 0.05) is 18.5 Å². The van der Waals surface area contributed by atoms with E-state index in [1.807, 2.05) is 6.07 Å². The van der Waals surface area contributed by atoms with Crippen LogP contribution in [0, 0.1) is 5.92 Å². The number of rotatable bonds is 2. The third kappa shape index (κ3) is 2.93. The number of nitrogens with two attached hydrogens (primary N) is 2. The van der Waals surface area contributed by atoms with Gasteiger partial charge in [0.1, 0.15) is 11.6 Å². The molecule has 0 amide bonds. The van der Waals surface area contributed by atoms with Gasteiger partial charge >= 0.3 is 0 Å². The van der Waals surface area contributed by atoms with Crippen LogP contribution in [0.25, 0.3) is 10.8 Å². The number of fused-ring (bicyclic) bond motifs is 1. The molecule has 1 saturated heterocycles. The van der Waals surface area contributed by atoms with E-state index in [-0.39, 0.29) is 23.8 Å². The monoisotopic (exact) mass is 310 g/mol. The number of nitrogen functional groups attached to an aromatic ring is 1. The first kappa shape index (κ1) is 15.5. The molecule has 0 aromatic carbocycles. The lowest BCUT2D eigenvalue weighted by atomic mass is 9.97. The summed E-state index contributed by atoms with van der Waals surface area (Å²) >= 11 is 0. The van der Waals surface area contributed by atoms with Crippen molar-refractivity contribution in [3.63, 3.8) is 0 Å². The molecule has 0 spiro atoms. The normalized spacial score (nSPS) is 16.0. The molecule has 8 heteroatoms. The maximum Gasteiger partial charge on any atom is 0.275 e. The average molecular weight is 311 g/mol. The van der Waals surface area contributed by atoms with Gasteiger partial charge in [-0.2, -0.15) is 5.10 Å². The van der Waals surface area contributed by atoms with Gasteiger partial charge in [0.05, 0.1) is 11.6 Å². The van der Waals surface area contributed by atoms with Crippen LogP contribution in [0.2, 0.25) is 0 Å². The number of pyridine rings is 1. The van der Waals surface area contributed by atoms with E-state index in [2.05, 4.69) is 20.1 Å². The molecule has 3 rings (SSSR count). The summed E-state index contributed by atoms with van der Waals surface area (Å²) in [5.41, 5.74) is 11.3. The molecule has 0 unspecified atom stereocenters. The fourth-order valence-electron chi connectivity index (χ4n) is 2.70. The first-order valence-electron chi connectivity index (χ1n) is 6.78. The molecule has 1 aliphatic heterocycles. The van der Waals surface area contributed by atoms with E-state index < -0.39 is 0 Å². The summed E-state index contributed by atoms with van der Waals surface area (Å²) in [6.07, 6.45) is 3.72. The number of piperidine rings is 1. The highest BCUT2D eigenvalue weighted by molar-refractivity contribution is 5.91. The Labute approximate surface area is 128 Å². The number of hydrogen-bond acceptors (Lipinski definition) is 6. The Bertz CT molecular complexity index is 680. The molecule has 2 aromatic rings. The van der Waals surface area contributed by atoms with Crippen molar-refractivity contribution >= 4 is 34.8 Å². The van der Waals surface area contributed by atoms with E-state index >= 15 is 0 Å². The number of aromatic amines is 1. The smallest absolute Gasteiger partial charge is 0.275 e. The van der Waals surface area contributed by atoms with Gasteiger partial charge in [-0.15, -0.1) is 12.4 Å². The van der Waals surface area contributed by atoms with Crippen LogP contribution >= 0.6 is 12.4 Å². The Morgan fingerprint density at radius 2 is 2.10 bits per heavy atom. The van der Waals surface area contributed by atoms with Crippen molar-refractivity contribution in [1.82, 2.24) is 15.2 Å². The zero-order valence-electron chi connectivity index (χ0n) is 11.6. The van der Waals surface area contributed by atoms with E-state index in [0.717, 1.165) is 43.7 Å². The van der Waals surface area contributed by atoms with E-state index in [4.69, 9.17) is 11.5 Å². The van der Waals surface area contributed by atoms with Gasteiger partial charge in [0.15, 0.2) is 0 Å². The number of H-pyrrole nitrogens is 1. The van der Waals surface area contributed by atoms with Crippen LogP contribution < -0.4 is 21.9 Å². The Balaban J connectivity index is 0.00000161. The van der Waals surface area contributed by atoms with E-state index in [9.17, 15) is 4.79 Å². The predicted molar refractivity (Wildman–Crippen MR) is 85.8 cm³/mol. The molecular weight excluding hydrogens is 292 g/mol. The average Bonchev–Trinajstić information content (AvgIpc) is 2.47. The Hall–Kier alpha value is -1.86. The first-order chi connectivity index (χ1) is 9.69. The third-order valence-electron chi connectivity index (χ3n) is 3.93. The highest BCUT2D eigenvalue weighted by Gasteiger charge is 2.20. The second kappa shape index (κ2) is 6.28. The summed E-state index contributed by atoms with van der Waals surface area (Å²) in [6, 6.07) is 1.87. The topological polar surface area (TPSA) is 114 Å². The van der Waals surface area contributed by atoms with Gasteiger partial charge < -0.3 is 16.4 Å². The summed E-state index contributed by atoms with van der Waals surface area (Å²) in [4.78, 5) is 18.2. The minimum absolute atomic E-state index is 0. The van der Waals surface area contributed by atoms with E-state index in [1.54, 1.807) is 6.20 Å². The molecule has 114 valence electrons. The lowest BCUT2D eigenvalue weighted by Gasteiger charge is -2.32. The molecule has 1 fully saturated rings. The Morgan fingerprint density at radius 3 is 2.76 bits per heavy atom. The van der Waals surface area contributed by atoms with Crippen LogP contribution in [0.1, 0.15) is 12.8 Å². The third-order valence-corrected chi connectivity index (χ3v) is 3.93. The van der Waals surface area contributed by atoms with Crippen LogP contribution in [0.4, 0.5) is 11.6 Å². The van der Waals surface area contributed by atoms with Crippen molar-refractivity contribution < 1.29 is 0 Å². The molecule has 5 N–H and O–H groups in total.